The Morgan fingerprint density at radius 3 is 2.18 bits per heavy atom. The summed E-state index contributed by atoms with van der Waals surface area (Å²) in [4.78, 5) is 11.7. The van der Waals surface area contributed by atoms with Crippen molar-refractivity contribution in [3.05, 3.63) is 54.1 Å². The molecular weight excluding hydrogens is 412 g/mol. The molecule has 10 heteroatoms. The first-order valence-corrected chi connectivity index (χ1v) is 9.76. The van der Waals surface area contributed by atoms with Crippen LogP contribution in [-0.2, 0) is 14.8 Å². The number of carbonyl (C=O) groups is 1. The van der Waals surface area contributed by atoms with Crippen LogP contribution in [0.15, 0.2) is 47.4 Å². The molecule has 0 radical (unpaired) electrons. The zero-order valence-electron chi connectivity index (χ0n) is 15.3. The second kappa shape index (κ2) is 9.81. The maximum absolute atomic E-state index is 13.3. The van der Waals surface area contributed by atoms with E-state index < -0.39 is 32.6 Å². The molecule has 0 fully saturated rings. The number of rotatable bonds is 7. The molecular formula is C18H22ClF2N3O3S. The second-order valence-corrected chi connectivity index (χ2v) is 7.84. The SMILES string of the molecule is CCC(C)C(N)C(=O)Nc1ccc(NS(=O)(=O)c2ccc(F)c(F)c2)cc1.Cl. The third-order valence-electron chi connectivity index (χ3n) is 4.17. The molecule has 2 aromatic rings. The zero-order valence-corrected chi connectivity index (χ0v) is 16.9. The van der Waals surface area contributed by atoms with Crippen LogP contribution >= 0.6 is 12.4 Å². The summed E-state index contributed by atoms with van der Waals surface area (Å²) in [5.74, 6) is -2.70. The largest absolute Gasteiger partial charge is 0.325 e. The van der Waals surface area contributed by atoms with Crippen molar-refractivity contribution in [2.45, 2.75) is 31.2 Å². The smallest absolute Gasteiger partial charge is 0.261 e. The van der Waals surface area contributed by atoms with Crippen LogP contribution in [0.4, 0.5) is 20.2 Å². The van der Waals surface area contributed by atoms with Crippen LogP contribution in [0.1, 0.15) is 20.3 Å². The molecule has 1 amide bonds. The summed E-state index contributed by atoms with van der Waals surface area (Å²) in [6.45, 7) is 3.81. The van der Waals surface area contributed by atoms with Crippen LogP contribution in [0.2, 0.25) is 0 Å². The quantitative estimate of drug-likeness (QED) is 0.622. The molecule has 0 aliphatic heterocycles. The minimum Gasteiger partial charge on any atom is -0.325 e. The van der Waals surface area contributed by atoms with Crippen molar-refractivity contribution in [1.29, 1.82) is 0 Å². The molecule has 0 aromatic heterocycles. The van der Waals surface area contributed by atoms with Gasteiger partial charge in [0, 0.05) is 11.4 Å². The lowest BCUT2D eigenvalue weighted by molar-refractivity contribution is -0.118. The highest BCUT2D eigenvalue weighted by atomic mass is 35.5. The van der Waals surface area contributed by atoms with Crippen LogP contribution in [0.5, 0.6) is 0 Å². The lowest BCUT2D eigenvalue weighted by Gasteiger charge is -2.17. The molecule has 0 aliphatic carbocycles. The Hall–Kier alpha value is -2.23. The van der Waals surface area contributed by atoms with Crippen molar-refractivity contribution < 1.29 is 22.0 Å². The molecule has 0 spiro atoms. The van der Waals surface area contributed by atoms with Gasteiger partial charge in [0.2, 0.25) is 5.91 Å². The molecule has 0 bridgehead atoms. The van der Waals surface area contributed by atoms with E-state index in [0.717, 1.165) is 18.6 Å². The predicted molar refractivity (Wildman–Crippen MR) is 107 cm³/mol. The van der Waals surface area contributed by atoms with Crippen molar-refractivity contribution in [2.24, 2.45) is 11.7 Å². The second-order valence-electron chi connectivity index (χ2n) is 6.16. The van der Waals surface area contributed by atoms with Gasteiger partial charge in [-0.3, -0.25) is 9.52 Å². The van der Waals surface area contributed by atoms with Crippen LogP contribution in [0, 0.1) is 17.6 Å². The number of amides is 1. The number of anilines is 2. The normalized spacial score (nSPS) is 13.2. The standard InChI is InChI=1S/C18H21F2N3O3S.ClH/c1-3-11(2)17(21)18(24)22-12-4-6-13(7-5-12)23-27(25,26)14-8-9-15(19)16(20)10-14;/h4-11,17,23H,3,21H2,1-2H3,(H,22,24);1H. The number of benzene rings is 2. The van der Waals surface area contributed by atoms with Crippen LogP contribution in [-0.4, -0.2) is 20.4 Å². The summed E-state index contributed by atoms with van der Waals surface area (Å²) in [6, 6.07) is 7.52. The maximum Gasteiger partial charge on any atom is 0.261 e. The Bertz CT molecular complexity index is 924. The van der Waals surface area contributed by atoms with E-state index in [1.807, 2.05) is 13.8 Å². The number of hydrogen-bond donors (Lipinski definition) is 3. The van der Waals surface area contributed by atoms with Gasteiger partial charge >= 0.3 is 0 Å². The Balaban J connectivity index is 0.00000392. The molecule has 0 saturated carbocycles. The summed E-state index contributed by atoms with van der Waals surface area (Å²) in [6.07, 6.45) is 0.763. The Morgan fingerprint density at radius 2 is 1.64 bits per heavy atom. The summed E-state index contributed by atoms with van der Waals surface area (Å²) < 4.78 is 52.9. The van der Waals surface area contributed by atoms with Crippen molar-refractivity contribution in [1.82, 2.24) is 0 Å². The number of nitrogens with two attached hydrogens (primary N) is 1. The van der Waals surface area contributed by atoms with Gasteiger partial charge in [0.15, 0.2) is 11.6 Å². The average Bonchev–Trinajstić information content (AvgIpc) is 2.63. The molecule has 2 unspecified atom stereocenters. The predicted octanol–water partition coefficient (Wildman–Crippen LogP) is 3.50. The van der Waals surface area contributed by atoms with Gasteiger partial charge in [0.25, 0.3) is 10.0 Å². The van der Waals surface area contributed by atoms with Crippen LogP contribution < -0.4 is 15.8 Å². The minimum absolute atomic E-state index is 0. The fourth-order valence-corrected chi connectivity index (χ4v) is 3.29. The number of hydrogen-bond acceptors (Lipinski definition) is 4. The molecule has 2 atom stereocenters. The van der Waals surface area contributed by atoms with Gasteiger partial charge in [-0.2, -0.15) is 0 Å². The summed E-state index contributed by atoms with van der Waals surface area (Å²) in [5.41, 5.74) is 6.51. The average molecular weight is 434 g/mol. The Morgan fingerprint density at radius 1 is 1.07 bits per heavy atom. The highest BCUT2D eigenvalue weighted by Gasteiger charge is 2.20. The van der Waals surface area contributed by atoms with Gasteiger partial charge in [-0.25, -0.2) is 17.2 Å². The van der Waals surface area contributed by atoms with Crippen LogP contribution in [0.25, 0.3) is 0 Å². The lowest BCUT2D eigenvalue weighted by atomic mass is 9.99. The summed E-state index contributed by atoms with van der Waals surface area (Å²) in [7, 11) is -4.08. The van der Waals surface area contributed by atoms with Crippen molar-refractivity contribution in [3.8, 4) is 0 Å². The van der Waals surface area contributed by atoms with E-state index in [0.29, 0.717) is 11.8 Å². The highest BCUT2D eigenvalue weighted by molar-refractivity contribution is 7.92. The molecule has 154 valence electrons. The first kappa shape index (κ1) is 23.8. The van der Waals surface area contributed by atoms with Crippen molar-refractivity contribution in [3.63, 3.8) is 0 Å². The van der Waals surface area contributed by atoms with Crippen LogP contribution in [0.3, 0.4) is 0 Å². The van der Waals surface area contributed by atoms with Crippen molar-refractivity contribution in [2.75, 3.05) is 10.0 Å². The Labute approximate surface area is 169 Å². The minimum atomic E-state index is -4.08. The number of carbonyl (C=O) groups excluding carboxylic acids is 1. The van der Waals surface area contributed by atoms with E-state index in [4.69, 9.17) is 5.73 Å². The first-order valence-electron chi connectivity index (χ1n) is 8.28. The van der Waals surface area contributed by atoms with E-state index in [9.17, 15) is 22.0 Å². The van der Waals surface area contributed by atoms with Gasteiger partial charge in [0.05, 0.1) is 10.9 Å². The molecule has 6 nitrogen and oxygen atoms in total. The molecule has 0 heterocycles. The zero-order chi connectivity index (χ0) is 20.2. The van der Waals surface area contributed by atoms with Gasteiger partial charge in [-0.15, -0.1) is 12.4 Å². The van der Waals surface area contributed by atoms with Gasteiger partial charge in [0.1, 0.15) is 0 Å². The number of halogens is 3. The lowest BCUT2D eigenvalue weighted by Crippen LogP contribution is -2.40. The summed E-state index contributed by atoms with van der Waals surface area (Å²) in [5, 5.41) is 2.66. The van der Waals surface area contributed by atoms with E-state index in [2.05, 4.69) is 10.0 Å². The molecule has 4 N–H and O–H groups in total. The van der Waals surface area contributed by atoms with E-state index >= 15 is 0 Å². The third-order valence-corrected chi connectivity index (χ3v) is 5.54. The highest BCUT2D eigenvalue weighted by Crippen LogP contribution is 2.20. The number of nitrogens with one attached hydrogen (secondary N) is 2. The maximum atomic E-state index is 13.3. The molecule has 0 aliphatic rings. The fraction of sp³-hybridized carbons (Fsp3) is 0.278. The third kappa shape index (κ3) is 5.88. The Kier molecular flexibility index (Phi) is 8.34. The molecule has 2 rings (SSSR count). The van der Waals surface area contributed by atoms with E-state index in [1.165, 1.54) is 24.3 Å². The molecule has 28 heavy (non-hydrogen) atoms. The topological polar surface area (TPSA) is 101 Å². The molecule has 0 saturated heterocycles. The molecule has 2 aromatic carbocycles. The number of sulfonamides is 1. The fourth-order valence-electron chi connectivity index (χ4n) is 2.22. The van der Waals surface area contributed by atoms with Crippen molar-refractivity contribution >= 4 is 39.7 Å². The first-order chi connectivity index (χ1) is 12.6. The van der Waals surface area contributed by atoms with E-state index in [1.54, 1.807) is 0 Å². The van der Waals surface area contributed by atoms with Gasteiger partial charge in [-0.1, -0.05) is 20.3 Å². The van der Waals surface area contributed by atoms with Gasteiger partial charge in [-0.05, 0) is 48.4 Å². The van der Waals surface area contributed by atoms with E-state index in [-0.39, 0.29) is 29.9 Å². The summed E-state index contributed by atoms with van der Waals surface area (Å²) >= 11 is 0. The monoisotopic (exact) mass is 433 g/mol. The van der Waals surface area contributed by atoms with Gasteiger partial charge < -0.3 is 11.1 Å².